The third kappa shape index (κ3) is 6.14. The zero-order chi connectivity index (χ0) is 18.4. The number of hydrogen-bond acceptors (Lipinski definition) is 3. The van der Waals surface area contributed by atoms with Crippen LogP contribution in [0.3, 0.4) is 0 Å². The fraction of sp³-hybridized carbons (Fsp3) is 0.381. The van der Waals surface area contributed by atoms with Gasteiger partial charge in [0.1, 0.15) is 17.1 Å². The van der Waals surface area contributed by atoms with Gasteiger partial charge in [0.2, 0.25) is 5.91 Å². The molecule has 0 heterocycles. The molecule has 4 heteroatoms. The summed E-state index contributed by atoms with van der Waals surface area (Å²) < 4.78 is 10.9. The Hall–Kier alpha value is -2.49. The molecule has 0 aliphatic heterocycles. The normalized spacial score (nSPS) is 12.4. The molecule has 1 amide bonds. The van der Waals surface area contributed by atoms with Crippen LogP contribution in [0.15, 0.2) is 48.5 Å². The number of hydrogen-bond donors (Lipinski definition) is 1. The molecule has 2 aromatic carbocycles. The Morgan fingerprint density at radius 2 is 1.56 bits per heavy atom. The van der Waals surface area contributed by atoms with E-state index in [0.717, 1.165) is 22.6 Å². The van der Waals surface area contributed by atoms with Gasteiger partial charge < -0.3 is 14.8 Å². The van der Waals surface area contributed by atoms with Gasteiger partial charge in [-0.2, -0.15) is 0 Å². The van der Waals surface area contributed by atoms with Crippen LogP contribution in [0.2, 0.25) is 0 Å². The number of benzene rings is 2. The number of methoxy groups -OCH3 is 1. The molecule has 1 atom stereocenters. The summed E-state index contributed by atoms with van der Waals surface area (Å²) in [4.78, 5) is 12.3. The van der Waals surface area contributed by atoms with Crippen LogP contribution in [0, 0.1) is 0 Å². The molecule has 1 unspecified atom stereocenters. The van der Waals surface area contributed by atoms with Gasteiger partial charge in [0.05, 0.1) is 19.6 Å². The largest absolute Gasteiger partial charge is 0.497 e. The molecule has 25 heavy (non-hydrogen) atoms. The van der Waals surface area contributed by atoms with Crippen molar-refractivity contribution in [1.82, 2.24) is 5.32 Å². The third-order valence-electron chi connectivity index (χ3n) is 3.71. The van der Waals surface area contributed by atoms with Crippen LogP contribution in [0.25, 0.3) is 0 Å². The number of carbonyl (C=O) groups is 1. The fourth-order valence-electron chi connectivity index (χ4n) is 2.48. The molecule has 4 nitrogen and oxygen atoms in total. The van der Waals surface area contributed by atoms with Crippen molar-refractivity contribution in [3.05, 3.63) is 59.7 Å². The first-order chi connectivity index (χ1) is 11.8. The molecule has 0 spiro atoms. The molecule has 0 saturated heterocycles. The van der Waals surface area contributed by atoms with E-state index in [1.807, 2.05) is 76.2 Å². The molecule has 0 aromatic heterocycles. The second kappa shape index (κ2) is 8.06. The summed E-state index contributed by atoms with van der Waals surface area (Å²) in [5.74, 6) is 1.61. The van der Waals surface area contributed by atoms with E-state index in [9.17, 15) is 4.79 Å². The highest BCUT2D eigenvalue weighted by Gasteiger charge is 2.13. The minimum atomic E-state index is -0.229. The molecule has 0 bridgehead atoms. The Bertz CT molecular complexity index is 685. The summed E-state index contributed by atoms with van der Waals surface area (Å²) in [5, 5.41) is 3.02. The topological polar surface area (TPSA) is 47.6 Å². The van der Waals surface area contributed by atoms with Gasteiger partial charge in [-0.15, -0.1) is 0 Å². The van der Waals surface area contributed by atoms with Crippen LogP contribution >= 0.6 is 0 Å². The molecule has 1 N–H and O–H groups in total. The van der Waals surface area contributed by atoms with Gasteiger partial charge in [-0.05, 0) is 63.1 Å². The lowest BCUT2D eigenvalue weighted by Crippen LogP contribution is -2.28. The smallest absolute Gasteiger partial charge is 0.224 e. The third-order valence-corrected chi connectivity index (χ3v) is 3.71. The van der Waals surface area contributed by atoms with Crippen LogP contribution < -0.4 is 14.8 Å². The monoisotopic (exact) mass is 341 g/mol. The van der Waals surface area contributed by atoms with Crippen LogP contribution in [0.1, 0.15) is 44.9 Å². The number of rotatable bonds is 6. The van der Waals surface area contributed by atoms with Gasteiger partial charge in [-0.1, -0.05) is 24.3 Å². The van der Waals surface area contributed by atoms with Gasteiger partial charge in [-0.25, -0.2) is 0 Å². The van der Waals surface area contributed by atoms with Crippen molar-refractivity contribution < 1.29 is 14.3 Å². The van der Waals surface area contributed by atoms with Crippen LogP contribution in [0.4, 0.5) is 0 Å². The van der Waals surface area contributed by atoms with Crippen LogP contribution in [0.5, 0.6) is 11.5 Å². The maximum absolute atomic E-state index is 12.3. The minimum absolute atomic E-state index is 0.00666. The molecule has 0 fully saturated rings. The van der Waals surface area contributed by atoms with Gasteiger partial charge in [-0.3, -0.25) is 4.79 Å². The van der Waals surface area contributed by atoms with E-state index in [0.29, 0.717) is 6.42 Å². The van der Waals surface area contributed by atoms with Crippen molar-refractivity contribution in [2.45, 2.75) is 45.8 Å². The summed E-state index contributed by atoms with van der Waals surface area (Å²) >= 11 is 0. The van der Waals surface area contributed by atoms with Gasteiger partial charge in [0, 0.05) is 0 Å². The molecule has 134 valence electrons. The standard InChI is InChI=1S/C21H27NO3/c1-15(17-8-12-18(24-5)13-9-17)22-20(23)14-16-6-10-19(11-7-16)25-21(2,3)4/h6-13,15H,14H2,1-5H3,(H,22,23). The summed E-state index contributed by atoms with van der Waals surface area (Å²) in [6.45, 7) is 8.00. The Labute approximate surface area is 150 Å². The number of amides is 1. The van der Waals surface area contributed by atoms with Gasteiger partial charge in [0.25, 0.3) is 0 Å². The lowest BCUT2D eigenvalue weighted by molar-refractivity contribution is -0.121. The van der Waals surface area contributed by atoms with E-state index in [1.165, 1.54) is 0 Å². The van der Waals surface area contributed by atoms with Gasteiger partial charge >= 0.3 is 0 Å². The fourth-order valence-corrected chi connectivity index (χ4v) is 2.48. The molecule has 0 radical (unpaired) electrons. The van der Waals surface area contributed by atoms with E-state index in [1.54, 1.807) is 7.11 Å². The second-order valence-electron chi connectivity index (χ2n) is 7.10. The Kier molecular flexibility index (Phi) is 6.07. The van der Waals surface area contributed by atoms with E-state index >= 15 is 0 Å². The molecule has 0 aliphatic carbocycles. The lowest BCUT2D eigenvalue weighted by Gasteiger charge is -2.21. The van der Waals surface area contributed by atoms with Gasteiger partial charge in [0.15, 0.2) is 0 Å². The number of nitrogens with one attached hydrogen (secondary N) is 1. The van der Waals surface area contributed by atoms with E-state index in [-0.39, 0.29) is 17.6 Å². The zero-order valence-corrected chi connectivity index (χ0v) is 15.6. The highest BCUT2D eigenvalue weighted by Crippen LogP contribution is 2.20. The first kappa shape index (κ1) is 18.8. The van der Waals surface area contributed by atoms with Crippen LogP contribution in [-0.4, -0.2) is 18.6 Å². The average molecular weight is 341 g/mol. The zero-order valence-electron chi connectivity index (χ0n) is 15.6. The van der Waals surface area contributed by atoms with E-state index < -0.39 is 0 Å². The van der Waals surface area contributed by atoms with Crippen molar-refractivity contribution in [2.24, 2.45) is 0 Å². The quantitative estimate of drug-likeness (QED) is 0.852. The maximum atomic E-state index is 12.3. The van der Waals surface area contributed by atoms with E-state index in [4.69, 9.17) is 9.47 Å². The van der Waals surface area contributed by atoms with Crippen molar-refractivity contribution in [3.8, 4) is 11.5 Å². The minimum Gasteiger partial charge on any atom is -0.497 e. The van der Waals surface area contributed by atoms with Crippen molar-refractivity contribution in [1.29, 1.82) is 0 Å². The van der Waals surface area contributed by atoms with E-state index in [2.05, 4.69) is 5.32 Å². The summed E-state index contributed by atoms with van der Waals surface area (Å²) in [6.07, 6.45) is 0.344. The summed E-state index contributed by atoms with van der Waals surface area (Å²) in [5.41, 5.74) is 1.77. The Morgan fingerprint density at radius 1 is 1.00 bits per heavy atom. The Morgan fingerprint density at radius 3 is 2.08 bits per heavy atom. The molecule has 2 aromatic rings. The molecule has 2 rings (SSSR count). The molecular weight excluding hydrogens is 314 g/mol. The van der Waals surface area contributed by atoms with Crippen molar-refractivity contribution in [2.75, 3.05) is 7.11 Å². The summed E-state index contributed by atoms with van der Waals surface area (Å²) in [7, 11) is 1.64. The predicted octanol–water partition coefficient (Wildman–Crippen LogP) is 4.29. The van der Waals surface area contributed by atoms with Crippen molar-refractivity contribution in [3.63, 3.8) is 0 Å². The average Bonchev–Trinajstić information content (AvgIpc) is 2.55. The summed E-state index contributed by atoms with van der Waals surface area (Å²) in [6, 6.07) is 15.3. The predicted molar refractivity (Wildman–Crippen MR) is 100 cm³/mol. The SMILES string of the molecule is COc1ccc(C(C)NC(=O)Cc2ccc(OC(C)(C)C)cc2)cc1. The highest BCUT2D eigenvalue weighted by atomic mass is 16.5. The second-order valence-corrected chi connectivity index (χ2v) is 7.10. The molecule has 0 saturated carbocycles. The molecular formula is C21H27NO3. The van der Waals surface area contributed by atoms with Crippen LogP contribution in [-0.2, 0) is 11.2 Å². The maximum Gasteiger partial charge on any atom is 0.224 e. The first-order valence-electron chi connectivity index (χ1n) is 8.48. The first-order valence-corrected chi connectivity index (χ1v) is 8.48. The number of carbonyl (C=O) groups excluding carboxylic acids is 1. The lowest BCUT2D eigenvalue weighted by atomic mass is 10.1. The van der Waals surface area contributed by atoms with Crippen molar-refractivity contribution >= 4 is 5.91 Å². The number of ether oxygens (including phenoxy) is 2. The molecule has 0 aliphatic rings. The highest BCUT2D eigenvalue weighted by molar-refractivity contribution is 5.79. The Balaban J connectivity index is 1.90.